The van der Waals surface area contributed by atoms with Crippen molar-refractivity contribution in [3.8, 4) is 44.5 Å². The maximum atomic E-state index is 6.69. The fourth-order valence-electron chi connectivity index (χ4n) is 9.03. The summed E-state index contributed by atoms with van der Waals surface area (Å²) in [5, 5.41) is 2.27. The van der Waals surface area contributed by atoms with Crippen LogP contribution in [0.25, 0.3) is 66.4 Å². The summed E-state index contributed by atoms with van der Waals surface area (Å²) in [7, 11) is 0. The van der Waals surface area contributed by atoms with Crippen LogP contribution in [0, 0.1) is 0 Å². The average molecular weight is 736 g/mol. The van der Waals surface area contributed by atoms with E-state index in [9.17, 15) is 0 Å². The molecule has 0 amide bonds. The maximum Gasteiger partial charge on any atom is 0.143 e. The first kappa shape index (κ1) is 34.8. The van der Waals surface area contributed by atoms with Gasteiger partial charge in [0.15, 0.2) is 0 Å². The van der Waals surface area contributed by atoms with Gasteiger partial charge in [0.25, 0.3) is 0 Å². The highest BCUT2D eigenvalue weighted by Gasteiger charge is 2.36. The summed E-state index contributed by atoms with van der Waals surface area (Å²) in [6.45, 7) is 11.7. The summed E-state index contributed by atoms with van der Waals surface area (Å²) in [5.41, 5.74) is 18.6. The normalized spacial score (nSPS) is 13.1. The van der Waals surface area contributed by atoms with Crippen molar-refractivity contribution in [2.45, 2.75) is 45.4 Å². The molecule has 0 atom stereocenters. The molecule has 2 nitrogen and oxygen atoms in total. The lowest BCUT2D eigenvalue weighted by Gasteiger charge is -2.33. The highest BCUT2D eigenvalue weighted by atomic mass is 16.3. The Morgan fingerprint density at radius 1 is 0.439 bits per heavy atom. The molecular formula is C55H45NO. The third-order valence-electron chi connectivity index (χ3n) is 12.0. The second-order valence-corrected chi connectivity index (χ2v) is 17.0. The second kappa shape index (κ2) is 13.2. The van der Waals surface area contributed by atoms with Crippen LogP contribution in [0.1, 0.15) is 51.3 Å². The molecule has 9 aromatic rings. The fraction of sp³-hybridized carbons (Fsp3) is 0.127. The highest BCUT2D eigenvalue weighted by Crippen LogP contribution is 2.51. The molecule has 0 fully saturated rings. The minimum Gasteiger partial charge on any atom is -0.455 e. The van der Waals surface area contributed by atoms with Gasteiger partial charge in [-0.15, -0.1) is 0 Å². The molecule has 0 spiro atoms. The van der Waals surface area contributed by atoms with Gasteiger partial charge in [-0.25, -0.2) is 0 Å². The van der Waals surface area contributed by atoms with Crippen LogP contribution in [-0.2, 0) is 10.8 Å². The van der Waals surface area contributed by atoms with Crippen LogP contribution in [0.2, 0.25) is 0 Å². The van der Waals surface area contributed by atoms with Gasteiger partial charge in [-0.3, -0.25) is 0 Å². The largest absolute Gasteiger partial charge is 0.455 e. The van der Waals surface area contributed by atoms with Crippen molar-refractivity contribution in [1.29, 1.82) is 0 Å². The molecule has 0 radical (unpaired) electrons. The summed E-state index contributed by atoms with van der Waals surface area (Å²) < 4.78 is 6.69. The molecule has 1 aliphatic rings. The molecule has 0 bridgehead atoms. The summed E-state index contributed by atoms with van der Waals surface area (Å²) in [6.07, 6.45) is 0. The molecule has 57 heavy (non-hydrogen) atoms. The Kier molecular flexibility index (Phi) is 8.09. The molecule has 0 N–H and O–H groups in total. The van der Waals surface area contributed by atoms with Crippen molar-refractivity contribution >= 4 is 39.0 Å². The molecule has 1 aromatic heterocycles. The maximum absolute atomic E-state index is 6.69. The molecule has 0 saturated carbocycles. The van der Waals surface area contributed by atoms with E-state index < -0.39 is 0 Å². The predicted octanol–water partition coefficient (Wildman–Crippen LogP) is 15.7. The van der Waals surface area contributed by atoms with Crippen LogP contribution in [0.5, 0.6) is 0 Å². The van der Waals surface area contributed by atoms with Crippen molar-refractivity contribution in [3.05, 3.63) is 199 Å². The van der Waals surface area contributed by atoms with E-state index in [0.29, 0.717) is 0 Å². The van der Waals surface area contributed by atoms with E-state index in [1.807, 2.05) is 0 Å². The molecule has 1 aliphatic carbocycles. The Morgan fingerprint density at radius 2 is 1.04 bits per heavy atom. The van der Waals surface area contributed by atoms with E-state index in [2.05, 4.69) is 222 Å². The van der Waals surface area contributed by atoms with E-state index in [0.717, 1.165) is 50.0 Å². The zero-order valence-corrected chi connectivity index (χ0v) is 33.2. The Bertz CT molecular complexity index is 2940. The first-order valence-corrected chi connectivity index (χ1v) is 20.0. The van der Waals surface area contributed by atoms with Gasteiger partial charge in [-0.1, -0.05) is 168 Å². The van der Waals surface area contributed by atoms with Crippen LogP contribution in [-0.4, -0.2) is 0 Å². The van der Waals surface area contributed by atoms with Crippen LogP contribution >= 0.6 is 0 Å². The number of benzene rings is 8. The van der Waals surface area contributed by atoms with Crippen LogP contribution < -0.4 is 4.90 Å². The number of hydrogen-bond donors (Lipinski definition) is 0. The standard InChI is InChI=1S/C55H45NO/c1-54(2,3)50-33-39(40-25-30-46-47-21-14-20-43(38-17-10-7-11-18-38)53(47)57-52(46)34-40)26-32-51(50)56(41-27-23-37(24-28-41)36-15-8-6-9-16-36)42-29-31-45-44-19-12-13-22-48(44)55(4,5)49(45)35-42/h6-35H,1-5H3. The zero-order valence-electron chi connectivity index (χ0n) is 33.2. The molecule has 0 aliphatic heterocycles. The summed E-state index contributed by atoms with van der Waals surface area (Å²) in [4.78, 5) is 2.46. The van der Waals surface area contributed by atoms with E-state index in [4.69, 9.17) is 4.42 Å². The van der Waals surface area contributed by atoms with Crippen LogP contribution in [0.3, 0.4) is 0 Å². The number of anilines is 3. The monoisotopic (exact) mass is 735 g/mol. The van der Waals surface area contributed by atoms with Crippen LogP contribution in [0.15, 0.2) is 186 Å². The van der Waals surface area contributed by atoms with Gasteiger partial charge >= 0.3 is 0 Å². The average Bonchev–Trinajstić information content (AvgIpc) is 3.73. The Morgan fingerprint density at radius 3 is 1.79 bits per heavy atom. The van der Waals surface area contributed by atoms with Crippen molar-refractivity contribution in [1.82, 2.24) is 0 Å². The van der Waals surface area contributed by atoms with Gasteiger partial charge in [0, 0.05) is 38.8 Å². The van der Waals surface area contributed by atoms with Crippen molar-refractivity contribution in [2.24, 2.45) is 0 Å². The zero-order chi connectivity index (χ0) is 38.9. The Balaban J connectivity index is 1.12. The van der Waals surface area contributed by atoms with Gasteiger partial charge in [0.1, 0.15) is 11.2 Å². The molecule has 10 rings (SSSR count). The van der Waals surface area contributed by atoms with Gasteiger partial charge in [0.2, 0.25) is 0 Å². The quantitative estimate of drug-likeness (QED) is 0.169. The smallest absolute Gasteiger partial charge is 0.143 e. The Labute approximate surface area is 335 Å². The molecule has 0 unspecified atom stereocenters. The molecular weight excluding hydrogens is 691 g/mol. The third kappa shape index (κ3) is 5.87. The molecule has 2 heteroatoms. The van der Waals surface area contributed by atoms with Gasteiger partial charge < -0.3 is 9.32 Å². The molecule has 276 valence electrons. The van der Waals surface area contributed by atoms with E-state index in [1.54, 1.807) is 0 Å². The highest BCUT2D eigenvalue weighted by molar-refractivity contribution is 6.10. The topological polar surface area (TPSA) is 16.4 Å². The first-order chi connectivity index (χ1) is 27.6. The lowest BCUT2D eigenvalue weighted by Crippen LogP contribution is -2.20. The fourth-order valence-corrected chi connectivity index (χ4v) is 9.03. The number of hydrogen-bond acceptors (Lipinski definition) is 2. The number of fused-ring (bicyclic) bond motifs is 6. The lowest BCUT2D eigenvalue weighted by atomic mass is 9.82. The minimum atomic E-state index is -0.159. The molecule has 8 aromatic carbocycles. The van der Waals surface area contributed by atoms with Gasteiger partial charge in [-0.2, -0.15) is 0 Å². The van der Waals surface area contributed by atoms with Crippen LogP contribution in [0.4, 0.5) is 17.1 Å². The molecule has 0 saturated heterocycles. The van der Waals surface area contributed by atoms with E-state index in [-0.39, 0.29) is 10.8 Å². The SMILES string of the molecule is CC(C)(C)c1cc(-c2ccc3c(c2)oc2c(-c4ccccc4)cccc23)ccc1N(c1ccc(-c2ccccc2)cc1)c1ccc2c(c1)C(C)(C)c1ccccc1-2. The number of nitrogens with zero attached hydrogens (tertiary/aromatic N) is 1. The van der Waals surface area contributed by atoms with E-state index in [1.165, 1.54) is 50.2 Å². The molecule has 1 heterocycles. The van der Waals surface area contributed by atoms with E-state index >= 15 is 0 Å². The lowest BCUT2D eigenvalue weighted by molar-refractivity contribution is 0.591. The van der Waals surface area contributed by atoms with Crippen molar-refractivity contribution < 1.29 is 4.42 Å². The third-order valence-corrected chi connectivity index (χ3v) is 12.0. The second-order valence-electron chi connectivity index (χ2n) is 17.0. The summed E-state index contributed by atoms with van der Waals surface area (Å²) in [5.74, 6) is 0. The Hall–Kier alpha value is -6.64. The van der Waals surface area contributed by atoms with Gasteiger partial charge in [-0.05, 0) is 110 Å². The minimum absolute atomic E-state index is 0.112. The first-order valence-electron chi connectivity index (χ1n) is 20.0. The van der Waals surface area contributed by atoms with Gasteiger partial charge in [0.05, 0.1) is 0 Å². The number of para-hydroxylation sites is 1. The summed E-state index contributed by atoms with van der Waals surface area (Å²) >= 11 is 0. The number of furan rings is 1. The van der Waals surface area contributed by atoms with Crippen molar-refractivity contribution in [3.63, 3.8) is 0 Å². The number of rotatable bonds is 6. The van der Waals surface area contributed by atoms with Crippen molar-refractivity contribution in [2.75, 3.05) is 4.90 Å². The summed E-state index contributed by atoms with van der Waals surface area (Å²) in [6, 6.07) is 66.3. The predicted molar refractivity (Wildman–Crippen MR) is 241 cm³/mol.